The number of rotatable bonds is 6. The van der Waals surface area contributed by atoms with E-state index in [9.17, 15) is 9.90 Å². The topological polar surface area (TPSA) is 67.6 Å². The van der Waals surface area contributed by atoms with Crippen LogP contribution >= 0.6 is 0 Å². The molecule has 6 nitrogen and oxygen atoms in total. The number of aliphatic hydroxyl groups is 1. The summed E-state index contributed by atoms with van der Waals surface area (Å²) in [6.45, 7) is 3.01. The summed E-state index contributed by atoms with van der Waals surface area (Å²) in [6, 6.07) is 19.0. The first kappa shape index (κ1) is 19.4. The lowest BCUT2D eigenvalue weighted by Gasteiger charge is -2.33. The second kappa shape index (κ2) is 8.19. The Labute approximate surface area is 170 Å². The maximum atomic E-state index is 13.3. The van der Waals surface area contributed by atoms with Crippen molar-refractivity contribution in [3.05, 3.63) is 84.2 Å². The van der Waals surface area contributed by atoms with Gasteiger partial charge in [0, 0.05) is 37.5 Å². The smallest absolute Gasteiger partial charge is 0.254 e. The minimum atomic E-state index is -1.04. The predicted octanol–water partition coefficient (Wildman–Crippen LogP) is 3.05. The van der Waals surface area contributed by atoms with Crippen molar-refractivity contribution in [1.82, 2.24) is 14.7 Å². The second-order valence-corrected chi connectivity index (χ2v) is 7.51. The number of carbonyl (C=O) groups is 1. The van der Waals surface area contributed by atoms with Gasteiger partial charge in [-0.2, -0.15) is 5.10 Å². The molecule has 0 spiro atoms. The van der Waals surface area contributed by atoms with Crippen LogP contribution in [-0.4, -0.2) is 50.6 Å². The third-order valence-electron chi connectivity index (χ3n) is 5.51. The van der Waals surface area contributed by atoms with Crippen molar-refractivity contribution in [1.29, 1.82) is 0 Å². The molecule has 1 amide bonds. The van der Waals surface area contributed by atoms with E-state index < -0.39 is 5.60 Å². The van der Waals surface area contributed by atoms with Gasteiger partial charge in [0.05, 0.1) is 18.3 Å². The molecule has 2 atom stereocenters. The molecular formula is C23H25N3O3. The summed E-state index contributed by atoms with van der Waals surface area (Å²) >= 11 is 0. The van der Waals surface area contributed by atoms with Crippen LogP contribution in [0, 0.1) is 0 Å². The molecule has 0 aliphatic carbocycles. The van der Waals surface area contributed by atoms with Gasteiger partial charge in [0.2, 0.25) is 0 Å². The van der Waals surface area contributed by atoms with Crippen LogP contribution in [-0.2, 0) is 11.3 Å². The first-order valence-electron chi connectivity index (χ1n) is 9.82. The SMILES string of the molecule is C[C@@H]1OCC[C@@]1(O)CN(Cc1ccccc1)C(=O)c1ccc(-n2cccn2)cc1. The zero-order valence-corrected chi connectivity index (χ0v) is 16.4. The van der Waals surface area contributed by atoms with Crippen molar-refractivity contribution in [2.45, 2.75) is 31.6 Å². The van der Waals surface area contributed by atoms with Gasteiger partial charge in [-0.3, -0.25) is 4.79 Å². The Bertz CT molecular complexity index is 941. The van der Waals surface area contributed by atoms with E-state index in [2.05, 4.69) is 5.10 Å². The number of ether oxygens (including phenoxy) is 1. The average Bonchev–Trinajstić information content (AvgIpc) is 3.39. The summed E-state index contributed by atoms with van der Waals surface area (Å²) in [4.78, 5) is 15.0. The van der Waals surface area contributed by atoms with Crippen molar-refractivity contribution in [3.8, 4) is 5.69 Å². The normalized spacial score (nSPS) is 21.2. The third-order valence-corrected chi connectivity index (χ3v) is 5.51. The molecule has 4 rings (SSSR count). The molecule has 2 heterocycles. The van der Waals surface area contributed by atoms with Gasteiger partial charge in [-0.15, -0.1) is 0 Å². The Balaban J connectivity index is 1.58. The lowest BCUT2D eigenvalue weighted by atomic mass is 9.95. The van der Waals surface area contributed by atoms with Crippen LogP contribution in [0.4, 0.5) is 0 Å². The fourth-order valence-electron chi connectivity index (χ4n) is 3.67. The van der Waals surface area contributed by atoms with Gasteiger partial charge in [0.1, 0.15) is 5.60 Å². The zero-order chi connectivity index (χ0) is 20.3. The molecule has 1 N–H and O–H groups in total. The molecule has 0 unspecified atom stereocenters. The highest BCUT2D eigenvalue weighted by Crippen LogP contribution is 2.28. The zero-order valence-electron chi connectivity index (χ0n) is 16.4. The summed E-state index contributed by atoms with van der Waals surface area (Å²) in [5.41, 5.74) is 1.44. The van der Waals surface area contributed by atoms with Crippen LogP contribution in [0.5, 0.6) is 0 Å². The summed E-state index contributed by atoms with van der Waals surface area (Å²) in [6.07, 6.45) is 3.78. The molecule has 1 aliphatic heterocycles. The summed E-state index contributed by atoms with van der Waals surface area (Å²) in [5.74, 6) is -0.117. The average molecular weight is 391 g/mol. The highest BCUT2D eigenvalue weighted by molar-refractivity contribution is 5.94. The first-order valence-corrected chi connectivity index (χ1v) is 9.82. The molecule has 29 heavy (non-hydrogen) atoms. The molecule has 3 aromatic rings. The molecule has 0 radical (unpaired) electrons. The highest BCUT2D eigenvalue weighted by Gasteiger charge is 2.42. The standard InChI is InChI=1S/C23H25N3O3/c1-18-23(28,12-15-29-18)17-25(16-19-6-3-2-4-7-19)22(27)20-8-10-21(11-9-20)26-14-5-13-24-26/h2-11,13-14,18,28H,12,15-17H2,1H3/t18-,23+/m0/s1. The molecule has 1 aliphatic rings. The Morgan fingerprint density at radius 3 is 2.59 bits per heavy atom. The first-order chi connectivity index (χ1) is 14.0. The fourth-order valence-corrected chi connectivity index (χ4v) is 3.67. The van der Waals surface area contributed by atoms with E-state index in [0.29, 0.717) is 25.1 Å². The number of hydrogen-bond acceptors (Lipinski definition) is 4. The Morgan fingerprint density at radius 1 is 1.21 bits per heavy atom. The molecular weight excluding hydrogens is 366 g/mol. The fraction of sp³-hybridized carbons (Fsp3) is 0.304. The van der Waals surface area contributed by atoms with Crippen LogP contribution in [0.25, 0.3) is 5.69 Å². The van der Waals surface area contributed by atoms with Gasteiger partial charge in [0.25, 0.3) is 5.91 Å². The summed E-state index contributed by atoms with van der Waals surface area (Å²) in [7, 11) is 0. The van der Waals surface area contributed by atoms with Crippen molar-refractivity contribution in [2.24, 2.45) is 0 Å². The van der Waals surface area contributed by atoms with Crippen molar-refractivity contribution >= 4 is 5.91 Å². The minimum Gasteiger partial charge on any atom is -0.385 e. The van der Waals surface area contributed by atoms with Crippen molar-refractivity contribution in [2.75, 3.05) is 13.2 Å². The van der Waals surface area contributed by atoms with Crippen LogP contribution in [0.3, 0.4) is 0 Å². The monoisotopic (exact) mass is 391 g/mol. The molecule has 1 fully saturated rings. The van der Waals surface area contributed by atoms with E-state index in [4.69, 9.17) is 4.74 Å². The molecule has 6 heteroatoms. The maximum Gasteiger partial charge on any atom is 0.254 e. The Morgan fingerprint density at radius 2 is 1.97 bits per heavy atom. The molecule has 2 aromatic carbocycles. The molecule has 0 saturated carbocycles. The quantitative estimate of drug-likeness (QED) is 0.701. The van der Waals surface area contributed by atoms with E-state index in [1.54, 1.807) is 27.9 Å². The van der Waals surface area contributed by atoms with E-state index in [-0.39, 0.29) is 18.6 Å². The molecule has 1 saturated heterocycles. The van der Waals surface area contributed by atoms with E-state index in [1.165, 1.54) is 0 Å². The number of carbonyl (C=O) groups excluding carboxylic acids is 1. The minimum absolute atomic E-state index is 0.117. The third kappa shape index (κ3) is 4.23. The predicted molar refractivity (Wildman–Crippen MR) is 110 cm³/mol. The molecule has 0 bridgehead atoms. The molecule has 150 valence electrons. The van der Waals surface area contributed by atoms with E-state index in [1.807, 2.05) is 61.7 Å². The maximum absolute atomic E-state index is 13.3. The van der Waals surface area contributed by atoms with Crippen molar-refractivity contribution < 1.29 is 14.6 Å². The summed E-state index contributed by atoms with van der Waals surface area (Å²) in [5, 5.41) is 15.3. The number of nitrogens with zero attached hydrogens (tertiary/aromatic N) is 3. The van der Waals surface area contributed by atoms with Gasteiger partial charge < -0.3 is 14.7 Å². The molecule has 1 aromatic heterocycles. The van der Waals surface area contributed by atoms with Crippen LogP contribution in [0.2, 0.25) is 0 Å². The van der Waals surface area contributed by atoms with Crippen LogP contribution < -0.4 is 0 Å². The lowest BCUT2D eigenvalue weighted by molar-refractivity contribution is -0.0458. The Kier molecular flexibility index (Phi) is 5.47. The van der Waals surface area contributed by atoms with Gasteiger partial charge in [-0.25, -0.2) is 4.68 Å². The summed E-state index contributed by atoms with van der Waals surface area (Å²) < 4.78 is 7.31. The number of hydrogen-bond donors (Lipinski definition) is 1. The second-order valence-electron chi connectivity index (χ2n) is 7.51. The van der Waals surface area contributed by atoms with Gasteiger partial charge in [-0.05, 0) is 42.8 Å². The van der Waals surface area contributed by atoms with E-state index >= 15 is 0 Å². The van der Waals surface area contributed by atoms with E-state index in [0.717, 1.165) is 11.3 Å². The number of aromatic nitrogens is 2. The van der Waals surface area contributed by atoms with Crippen LogP contribution in [0.15, 0.2) is 73.1 Å². The van der Waals surface area contributed by atoms with Gasteiger partial charge in [0.15, 0.2) is 0 Å². The lowest BCUT2D eigenvalue weighted by Crippen LogP contribution is -2.49. The van der Waals surface area contributed by atoms with Gasteiger partial charge >= 0.3 is 0 Å². The largest absolute Gasteiger partial charge is 0.385 e. The van der Waals surface area contributed by atoms with Crippen molar-refractivity contribution in [3.63, 3.8) is 0 Å². The van der Waals surface area contributed by atoms with Crippen LogP contribution in [0.1, 0.15) is 29.3 Å². The Hall–Kier alpha value is -2.96. The highest BCUT2D eigenvalue weighted by atomic mass is 16.5. The number of amides is 1. The van der Waals surface area contributed by atoms with Gasteiger partial charge in [-0.1, -0.05) is 30.3 Å². The number of benzene rings is 2.